The first-order valence-corrected chi connectivity index (χ1v) is 2.38. The molecule has 0 saturated carbocycles. The Kier molecular flexibility index (Phi) is 1.71. The van der Waals surface area contributed by atoms with Gasteiger partial charge in [-0.15, -0.1) is 13.2 Å². The Labute approximate surface area is 54.4 Å². The number of nitrogens with zero attached hydrogens (tertiary/aromatic N) is 1. The first-order chi connectivity index (χ1) is 4.58. The standard InChI is InChI=1S/C4H3F3NO2/c5-4(6,7)9-3-1-2-8-10-3/h1H,2H2. The van der Waals surface area contributed by atoms with Gasteiger partial charge < -0.3 is 9.57 Å². The Morgan fingerprint density at radius 1 is 1.60 bits per heavy atom. The van der Waals surface area contributed by atoms with Crippen molar-refractivity contribution in [2.45, 2.75) is 6.36 Å². The van der Waals surface area contributed by atoms with Gasteiger partial charge in [-0.05, 0) is 5.48 Å². The predicted octanol–water partition coefficient (Wildman–Crippen LogP) is 0.914. The predicted molar refractivity (Wildman–Crippen MR) is 23.3 cm³/mol. The number of halogens is 3. The van der Waals surface area contributed by atoms with E-state index in [0.717, 1.165) is 6.08 Å². The Morgan fingerprint density at radius 2 is 2.30 bits per heavy atom. The van der Waals surface area contributed by atoms with Crippen LogP contribution in [0.15, 0.2) is 12.0 Å². The van der Waals surface area contributed by atoms with E-state index >= 15 is 0 Å². The molecule has 0 spiro atoms. The molecule has 6 heteroatoms. The van der Waals surface area contributed by atoms with Gasteiger partial charge in [0.2, 0.25) is 0 Å². The molecule has 3 nitrogen and oxygen atoms in total. The lowest BCUT2D eigenvalue weighted by atomic mass is 10.6. The quantitative estimate of drug-likeness (QED) is 0.562. The second-order valence-corrected chi connectivity index (χ2v) is 1.47. The van der Waals surface area contributed by atoms with Gasteiger partial charge in [-0.25, -0.2) is 0 Å². The van der Waals surface area contributed by atoms with E-state index in [4.69, 9.17) is 0 Å². The highest BCUT2D eigenvalue weighted by atomic mass is 19.4. The molecule has 1 rings (SSSR count). The normalized spacial score (nSPS) is 18.1. The summed E-state index contributed by atoms with van der Waals surface area (Å²) in [5.41, 5.74) is 3.13. The lowest BCUT2D eigenvalue weighted by molar-refractivity contribution is -0.323. The van der Waals surface area contributed by atoms with Gasteiger partial charge in [0, 0.05) is 6.08 Å². The summed E-state index contributed by atoms with van der Waals surface area (Å²) in [6.45, 7) is 0.103. The van der Waals surface area contributed by atoms with Gasteiger partial charge >= 0.3 is 12.3 Å². The molecule has 0 bridgehead atoms. The van der Waals surface area contributed by atoms with Gasteiger partial charge in [-0.1, -0.05) is 0 Å². The molecule has 0 amide bonds. The first kappa shape index (κ1) is 7.20. The number of alkyl halides is 3. The maximum absolute atomic E-state index is 11.3. The molecule has 0 fully saturated rings. The van der Waals surface area contributed by atoms with Crippen LogP contribution in [-0.4, -0.2) is 12.9 Å². The van der Waals surface area contributed by atoms with Crippen molar-refractivity contribution in [2.24, 2.45) is 0 Å². The van der Waals surface area contributed by atoms with Gasteiger partial charge in [-0.2, -0.15) is 0 Å². The molecule has 1 aliphatic heterocycles. The summed E-state index contributed by atoms with van der Waals surface area (Å²) in [5.74, 6) is -0.604. The summed E-state index contributed by atoms with van der Waals surface area (Å²) in [7, 11) is 0. The van der Waals surface area contributed by atoms with Crippen LogP contribution >= 0.6 is 0 Å². The molecule has 0 saturated heterocycles. The topological polar surface area (TPSA) is 32.6 Å². The second kappa shape index (κ2) is 2.37. The van der Waals surface area contributed by atoms with E-state index in [0.29, 0.717) is 0 Å². The molecular weight excluding hydrogens is 151 g/mol. The maximum atomic E-state index is 11.3. The maximum Gasteiger partial charge on any atom is 0.575 e. The molecule has 0 aromatic heterocycles. The zero-order valence-electron chi connectivity index (χ0n) is 4.68. The third-order valence-corrected chi connectivity index (χ3v) is 0.703. The van der Waals surface area contributed by atoms with Crippen LogP contribution in [0.25, 0.3) is 0 Å². The minimum absolute atomic E-state index is 0.103. The largest absolute Gasteiger partial charge is 0.575 e. The number of rotatable bonds is 1. The third kappa shape index (κ3) is 2.14. The van der Waals surface area contributed by atoms with E-state index in [1.165, 1.54) is 0 Å². The van der Waals surface area contributed by atoms with Crippen molar-refractivity contribution < 1.29 is 22.7 Å². The van der Waals surface area contributed by atoms with E-state index in [1.807, 2.05) is 0 Å². The Hall–Kier alpha value is -0.910. The van der Waals surface area contributed by atoms with Crippen LogP contribution in [0, 0.1) is 0 Å². The van der Waals surface area contributed by atoms with Gasteiger partial charge in [0.05, 0.1) is 6.54 Å². The molecule has 0 N–H and O–H groups in total. The lowest BCUT2D eigenvalue weighted by Gasteiger charge is -2.06. The lowest BCUT2D eigenvalue weighted by Crippen LogP contribution is -2.13. The fourth-order valence-electron chi connectivity index (χ4n) is 0.424. The summed E-state index contributed by atoms with van der Waals surface area (Å²) >= 11 is 0. The SMILES string of the molecule is FC(F)(F)OC1=CC[N]O1. The van der Waals surface area contributed by atoms with Gasteiger partial charge in [0.15, 0.2) is 0 Å². The van der Waals surface area contributed by atoms with E-state index in [2.05, 4.69) is 15.1 Å². The number of hydrogen-bond donors (Lipinski definition) is 0. The third-order valence-electron chi connectivity index (χ3n) is 0.703. The average Bonchev–Trinajstić information content (AvgIpc) is 2.12. The molecule has 10 heavy (non-hydrogen) atoms. The number of hydroxylamine groups is 1. The monoisotopic (exact) mass is 154 g/mol. The van der Waals surface area contributed by atoms with Gasteiger partial charge in [-0.3, -0.25) is 0 Å². The Morgan fingerprint density at radius 3 is 2.70 bits per heavy atom. The molecule has 1 aliphatic rings. The first-order valence-electron chi connectivity index (χ1n) is 2.38. The van der Waals surface area contributed by atoms with Crippen LogP contribution in [0.2, 0.25) is 0 Å². The van der Waals surface area contributed by atoms with Crippen molar-refractivity contribution in [1.82, 2.24) is 5.48 Å². The second-order valence-electron chi connectivity index (χ2n) is 1.47. The Balaban J connectivity index is 2.38. The van der Waals surface area contributed by atoms with Crippen LogP contribution in [0.1, 0.15) is 0 Å². The smallest absolute Gasteiger partial charge is 0.372 e. The van der Waals surface area contributed by atoms with Gasteiger partial charge in [0.25, 0.3) is 0 Å². The van der Waals surface area contributed by atoms with E-state index in [-0.39, 0.29) is 6.54 Å². The molecule has 1 heterocycles. The van der Waals surface area contributed by atoms with Crippen LogP contribution in [0.5, 0.6) is 0 Å². The van der Waals surface area contributed by atoms with Crippen molar-refractivity contribution in [1.29, 1.82) is 0 Å². The molecule has 57 valence electrons. The van der Waals surface area contributed by atoms with Crippen molar-refractivity contribution in [3.05, 3.63) is 12.0 Å². The van der Waals surface area contributed by atoms with Crippen LogP contribution < -0.4 is 5.48 Å². The summed E-state index contributed by atoms with van der Waals surface area (Å²) < 4.78 is 37.3. The van der Waals surface area contributed by atoms with E-state index in [1.54, 1.807) is 0 Å². The molecule has 1 radical (unpaired) electrons. The summed E-state index contributed by atoms with van der Waals surface area (Å²) in [6, 6.07) is 0. The minimum Gasteiger partial charge on any atom is -0.372 e. The highest BCUT2D eigenvalue weighted by Gasteiger charge is 2.34. The van der Waals surface area contributed by atoms with Gasteiger partial charge in [0.1, 0.15) is 0 Å². The highest BCUT2D eigenvalue weighted by Crippen LogP contribution is 2.21. The summed E-state index contributed by atoms with van der Waals surface area (Å²) in [6.07, 6.45) is -3.60. The summed E-state index contributed by atoms with van der Waals surface area (Å²) in [4.78, 5) is 4.07. The van der Waals surface area contributed by atoms with Crippen molar-refractivity contribution >= 4 is 0 Å². The minimum atomic E-state index is -4.69. The molecular formula is C4H3F3NO2. The average molecular weight is 154 g/mol. The number of ether oxygens (including phenoxy) is 1. The highest BCUT2D eigenvalue weighted by molar-refractivity contribution is 4.89. The van der Waals surface area contributed by atoms with Crippen molar-refractivity contribution in [3.63, 3.8) is 0 Å². The molecule has 0 atom stereocenters. The zero-order valence-corrected chi connectivity index (χ0v) is 4.68. The van der Waals surface area contributed by atoms with Crippen molar-refractivity contribution in [2.75, 3.05) is 6.54 Å². The molecule has 0 aliphatic carbocycles. The van der Waals surface area contributed by atoms with Crippen LogP contribution in [0.3, 0.4) is 0 Å². The number of hydrogen-bond acceptors (Lipinski definition) is 2. The van der Waals surface area contributed by atoms with E-state index < -0.39 is 12.3 Å². The zero-order chi connectivity index (χ0) is 7.61. The van der Waals surface area contributed by atoms with Crippen LogP contribution in [0.4, 0.5) is 13.2 Å². The molecule has 0 aromatic rings. The van der Waals surface area contributed by atoms with Crippen molar-refractivity contribution in [3.8, 4) is 0 Å². The van der Waals surface area contributed by atoms with Crippen LogP contribution in [-0.2, 0) is 9.57 Å². The van der Waals surface area contributed by atoms with E-state index in [9.17, 15) is 13.2 Å². The fraction of sp³-hybridized carbons (Fsp3) is 0.500. The molecule has 0 aromatic carbocycles. The molecule has 0 unspecified atom stereocenters. The summed E-state index contributed by atoms with van der Waals surface area (Å²) in [5, 5.41) is 0. The fourth-order valence-corrected chi connectivity index (χ4v) is 0.424. The Bertz CT molecular complexity index is 153.